The third-order valence-corrected chi connectivity index (χ3v) is 5.54. The molecule has 4 rings (SSSR count). The molecule has 144 valence electrons. The monoisotopic (exact) mass is 380 g/mol. The molecule has 1 aliphatic heterocycles. The third kappa shape index (κ3) is 3.45. The first-order valence-electron chi connectivity index (χ1n) is 8.93. The van der Waals surface area contributed by atoms with Crippen LogP contribution in [0.15, 0.2) is 34.9 Å². The molecule has 2 aliphatic rings. The van der Waals surface area contributed by atoms with Crippen LogP contribution >= 0.6 is 0 Å². The van der Waals surface area contributed by atoms with Gasteiger partial charge in [-0.1, -0.05) is 23.4 Å². The van der Waals surface area contributed by atoms with Crippen molar-refractivity contribution >= 4 is 5.91 Å². The van der Waals surface area contributed by atoms with Gasteiger partial charge in [0.15, 0.2) is 11.5 Å². The summed E-state index contributed by atoms with van der Waals surface area (Å²) in [5.74, 6) is 0.182. The molecule has 2 fully saturated rings. The van der Waals surface area contributed by atoms with Crippen molar-refractivity contribution in [1.82, 2.24) is 10.1 Å². The Morgan fingerprint density at radius 1 is 1.19 bits per heavy atom. The van der Waals surface area contributed by atoms with Crippen molar-refractivity contribution in [2.75, 3.05) is 13.1 Å². The molecule has 1 aliphatic carbocycles. The molecule has 1 saturated heterocycles. The molecule has 1 amide bonds. The lowest BCUT2D eigenvalue weighted by molar-refractivity contribution is -0.137. The molecule has 27 heavy (non-hydrogen) atoms. The number of carbonyl (C=O) groups excluding carboxylic acids is 1. The van der Waals surface area contributed by atoms with Crippen LogP contribution in [-0.2, 0) is 6.18 Å². The Hall–Kier alpha value is -2.35. The standard InChI is InChI=1S/C19H19F3N2O3/c20-19(21,22)15-4-2-1-3-14(15)17-8-16(23-27-17)18(26)24-9-11-5-6-13(25)7-12(11)10-24/h1-4,8,11-13,25H,5-7,9-10H2/t11-,12+,13-/m0/s1. The van der Waals surface area contributed by atoms with Gasteiger partial charge < -0.3 is 14.5 Å². The number of halogens is 3. The Balaban J connectivity index is 1.55. The molecule has 0 spiro atoms. The molecule has 5 nitrogen and oxygen atoms in total. The molecule has 1 aromatic heterocycles. The number of alkyl halides is 3. The van der Waals surface area contributed by atoms with Crippen LogP contribution in [0, 0.1) is 11.8 Å². The summed E-state index contributed by atoms with van der Waals surface area (Å²) in [5, 5.41) is 13.5. The molecular weight excluding hydrogens is 361 g/mol. The summed E-state index contributed by atoms with van der Waals surface area (Å²) in [7, 11) is 0. The van der Waals surface area contributed by atoms with Crippen molar-refractivity contribution in [1.29, 1.82) is 0 Å². The molecular formula is C19H19F3N2O3. The number of carbonyl (C=O) groups is 1. The predicted molar refractivity (Wildman–Crippen MR) is 89.7 cm³/mol. The Morgan fingerprint density at radius 3 is 2.70 bits per heavy atom. The van der Waals surface area contributed by atoms with E-state index >= 15 is 0 Å². The van der Waals surface area contributed by atoms with Crippen molar-refractivity contribution in [3.05, 3.63) is 41.6 Å². The van der Waals surface area contributed by atoms with Crippen LogP contribution in [0.3, 0.4) is 0 Å². The lowest BCUT2D eigenvalue weighted by Crippen LogP contribution is -2.29. The van der Waals surface area contributed by atoms with Crippen LogP contribution in [0.4, 0.5) is 13.2 Å². The predicted octanol–water partition coefficient (Wildman–Crippen LogP) is 3.59. The van der Waals surface area contributed by atoms with Gasteiger partial charge in [-0.25, -0.2) is 0 Å². The summed E-state index contributed by atoms with van der Waals surface area (Å²) in [4.78, 5) is 14.4. The second-order valence-corrected chi connectivity index (χ2v) is 7.32. The summed E-state index contributed by atoms with van der Waals surface area (Å²) < 4.78 is 44.6. The third-order valence-electron chi connectivity index (χ3n) is 5.54. The maximum absolute atomic E-state index is 13.2. The number of hydrogen-bond acceptors (Lipinski definition) is 4. The van der Waals surface area contributed by atoms with Gasteiger partial charge in [0.05, 0.1) is 11.7 Å². The van der Waals surface area contributed by atoms with E-state index in [-0.39, 0.29) is 34.9 Å². The average molecular weight is 380 g/mol. The number of fused-ring (bicyclic) bond motifs is 1. The maximum Gasteiger partial charge on any atom is 0.417 e. The van der Waals surface area contributed by atoms with Crippen LogP contribution in [0.1, 0.15) is 35.3 Å². The summed E-state index contributed by atoms with van der Waals surface area (Å²) in [6.45, 7) is 1.11. The van der Waals surface area contributed by atoms with E-state index < -0.39 is 11.7 Å². The van der Waals surface area contributed by atoms with E-state index in [4.69, 9.17) is 4.52 Å². The summed E-state index contributed by atoms with van der Waals surface area (Å²) in [5.41, 5.74) is -0.975. The summed E-state index contributed by atoms with van der Waals surface area (Å²) >= 11 is 0. The quantitative estimate of drug-likeness (QED) is 0.865. The molecule has 0 radical (unpaired) electrons. The number of likely N-dealkylation sites (tertiary alicyclic amines) is 1. The smallest absolute Gasteiger partial charge is 0.393 e. The van der Waals surface area contributed by atoms with E-state index in [0.717, 1.165) is 18.9 Å². The number of amides is 1. The van der Waals surface area contributed by atoms with E-state index in [1.807, 2.05) is 0 Å². The zero-order valence-corrected chi connectivity index (χ0v) is 14.4. The second kappa shape index (κ2) is 6.67. The molecule has 0 bridgehead atoms. The highest BCUT2D eigenvalue weighted by Crippen LogP contribution is 2.38. The minimum absolute atomic E-state index is 0.00109. The Kier molecular flexibility index (Phi) is 4.46. The highest BCUT2D eigenvalue weighted by molar-refractivity contribution is 5.93. The number of aliphatic hydroxyl groups is 1. The van der Waals surface area contributed by atoms with E-state index in [0.29, 0.717) is 25.4 Å². The number of rotatable bonds is 2. The topological polar surface area (TPSA) is 66.6 Å². The summed E-state index contributed by atoms with van der Waals surface area (Å²) in [6, 6.07) is 6.31. The van der Waals surface area contributed by atoms with Gasteiger partial charge in [-0.3, -0.25) is 4.79 Å². The van der Waals surface area contributed by atoms with Crippen molar-refractivity contribution in [2.45, 2.75) is 31.5 Å². The van der Waals surface area contributed by atoms with Crippen LogP contribution < -0.4 is 0 Å². The average Bonchev–Trinajstić information content (AvgIpc) is 3.27. The van der Waals surface area contributed by atoms with Crippen molar-refractivity contribution in [3.8, 4) is 11.3 Å². The molecule has 8 heteroatoms. The SMILES string of the molecule is O=C(c1cc(-c2ccccc2C(F)(F)F)on1)N1C[C@H]2C[C@@H](O)CC[C@H]2C1. The van der Waals surface area contributed by atoms with Gasteiger partial charge in [-0.15, -0.1) is 0 Å². The Labute approximate surface area is 153 Å². The zero-order chi connectivity index (χ0) is 19.2. The number of benzene rings is 1. The first-order valence-corrected chi connectivity index (χ1v) is 8.93. The maximum atomic E-state index is 13.2. The fourth-order valence-electron chi connectivity index (χ4n) is 4.18. The first kappa shape index (κ1) is 18.0. The van der Waals surface area contributed by atoms with Gasteiger partial charge in [0, 0.05) is 24.7 Å². The van der Waals surface area contributed by atoms with Gasteiger partial charge in [0.2, 0.25) is 0 Å². The molecule has 1 saturated carbocycles. The largest absolute Gasteiger partial charge is 0.417 e. The Bertz CT molecular complexity index is 849. The molecule has 1 aromatic carbocycles. The minimum atomic E-state index is -4.53. The number of hydrogen-bond donors (Lipinski definition) is 1. The molecule has 2 heterocycles. The van der Waals surface area contributed by atoms with E-state index in [1.54, 1.807) is 4.90 Å². The fourth-order valence-corrected chi connectivity index (χ4v) is 4.18. The van der Waals surface area contributed by atoms with Gasteiger partial charge >= 0.3 is 6.18 Å². The molecule has 1 N–H and O–H groups in total. The van der Waals surface area contributed by atoms with Crippen LogP contribution in [0.25, 0.3) is 11.3 Å². The second-order valence-electron chi connectivity index (χ2n) is 7.32. The highest BCUT2D eigenvalue weighted by Gasteiger charge is 2.40. The number of nitrogens with zero attached hydrogens (tertiary/aromatic N) is 2. The Morgan fingerprint density at radius 2 is 1.93 bits per heavy atom. The highest BCUT2D eigenvalue weighted by atomic mass is 19.4. The molecule has 3 atom stereocenters. The lowest BCUT2D eigenvalue weighted by Gasteiger charge is -2.27. The zero-order valence-electron chi connectivity index (χ0n) is 14.4. The van der Waals surface area contributed by atoms with Crippen molar-refractivity contribution < 1.29 is 27.6 Å². The fraction of sp³-hybridized carbons (Fsp3) is 0.474. The van der Waals surface area contributed by atoms with Gasteiger partial charge in [-0.05, 0) is 37.2 Å². The van der Waals surface area contributed by atoms with Crippen LogP contribution in [0.2, 0.25) is 0 Å². The normalized spacial score (nSPS) is 25.5. The lowest BCUT2D eigenvalue weighted by atomic mass is 9.80. The van der Waals surface area contributed by atoms with Crippen LogP contribution in [-0.4, -0.2) is 40.3 Å². The number of aromatic nitrogens is 1. The minimum Gasteiger partial charge on any atom is -0.393 e. The van der Waals surface area contributed by atoms with Gasteiger partial charge in [0.1, 0.15) is 0 Å². The number of aliphatic hydroxyl groups excluding tert-OH is 1. The van der Waals surface area contributed by atoms with Crippen LogP contribution in [0.5, 0.6) is 0 Å². The van der Waals surface area contributed by atoms with Crippen molar-refractivity contribution in [3.63, 3.8) is 0 Å². The van der Waals surface area contributed by atoms with Gasteiger partial charge in [0.25, 0.3) is 5.91 Å². The van der Waals surface area contributed by atoms with E-state index in [1.165, 1.54) is 24.3 Å². The van der Waals surface area contributed by atoms with E-state index in [9.17, 15) is 23.1 Å². The summed E-state index contributed by atoms with van der Waals surface area (Å²) in [6.07, 6.45) is -2.56. The van der Waals surface area contributed by atoms with Crippen molar-refractivity contribution in [2.24, 2.45) is 11.8 Å². The molecule has 0 unspecified atom stereocenters. The van der Waals surface area contributed by atoms with Gasteiger partial charge in [-0.2, -0.15) is 13.2 Å². The van der Waals surface area contributed by atoms with E-state index in [2.05, 4.69) is 5.16 Å². The first-order chi connectivity index (χ1) is 12.8. The molecule has 2 aromatic rings.